The van der Waals surface area contributed by atoms with Gasteiger partial charge in [0, 0.05) is 0 Å². The molecule has 6 nitrogen and oxygen atoms in total. The van der Waals surface area contributed by atoms with Gasteiger partial charge in [-0.15, -0.1) is 0 Å². The summed E-state index contributed by atoms with van der Waals surface area (Å²) in [7, 11) is -2.16. The van der Waals surface area contributed by atoms with Crippen LogP contribution in [0.1, 0.15) is 0 Å². The fourth-order valence-electron chi connectivity index (χ4n) is 0.937. The van der Waals surface area contributed by atoms with Crippen LogP contribution in [0.5, 0.6) is 11.5 Å². The van der Waals surface area contributed by atoms with Gasteiger partial charge in [0.1, 0.15) is 0 Å². The fraction of sp³-hybridized carbons (Fsp3) is 0. The van der Waals surface area contributed by atoms with Gasteiger partial charge in [0.25, 0.3) is 0 Å². The Morgan fingerprint density at radius 2 is 2.12 bits per heavy atom. The molecule has 1 atom stereocenters. The van der Waals surface area contributed by atoms with Gasteiger partial charge in [0.2, 0.25) is 0 Å². The Balaban J connectivity index is 3.07. The molecule has 0 aromatic heterocycles. The summed E-state index contributed by atoms with van der Waals surface area (Å²) in [5.41, 5.74) is 0. The number of hydrogen-bond donors (Lipinski definition) is 1. The molecule has 0 bridgehead atoms. The Bertz CT molecular complexity index is 506. The maximum absolute atomic E-state index is 10.6. The van der Waals surface area contributed by atoms with Gasteiger partial charge in [-0.1, -0.05) is 0 Å². The van der Waals surface area contributed by atoms with Crippen molar-refractivity contribution in [1.29, 1.82) is 0 Å². The average Bonchev–Trinajstić information content (AvgIpc) is 2.14. The van der Waals surface area contributed by atoms with Crippen molar-refractivity contribution in [3.8, 4) is 11.5 Å². The molecule has 1 aromatic carbocycles. The molecule has 0 fully saturated rings. The Morgan fingerprint density at radius 1 is 1.44 bits per heavy atom. The van der Waals surface area contributed by atoms with Gasteiger partial charge in [-0.2, -0.15) is 0 Å². The number of hydrogen-bond acceptors (Lipinski definition) is 5. The first-order valence-electron chi connectivity index (χ1n) is 3.97. The van der Waals surface area contributed by atoms with Crippen molar-refractivity contribution >= 4 is 59.1 Å². The van der Waals surface area contributed by atoms with Crippen LogP contribution in [-0.4, -0.2) is 40.9 Å². The van der Waals surface area contributed by atoms with Crippen molar-refractivity contribution in [2.45, 2.75) is 0 Å². The van der Waals surface area contributed by atoms with E-state index in [-0.39, 0.29) is 20.1 Å². The summed E-state index contributed by atoms with van der Waals surface area (Å²) in [5, 5.41) is 0. The predicted molar refractivity (Wildman–Crippen MR) is 63.7 cm³/mol. The molecule has 0 saturated carbocycles. The molecular weight excluding hydrogens is 283 g/mol. The fourth-order valence-corrected chi connectivity index (χ4v) is 2.15. The van der Waals surface area contributed by atoms with Crippen LogP contribution in [0.2, 0.25) is 0 Å². The Labute approximate surface area is 114 Å². The van der Waals surface area contributed by atoms with Crippen molar-refractivity contribution in [3.05, 3.63) is 18.2 Å². The standard InChI is InChI=1S/C6H6NO5P2S.Na/c8-15(9,10)12-6-4-2-1-3-5(6)11-14-7-13;/h1,3-4H,13H2,(H,8,9,10);. The Morgan fingerprint density at radius 3 is 2.69 bits per heavy atom. The molecule has 1 aromatic rings. The van der Waals surface area contributed by atoms with E-state index < -0.39 is 10.4 Å². The van der Waals surface area contributed by atoms with Crippen LogP contribution in [0.25, 0.3) is 0 Å². The summed E-state index contributed by atoms with van der Waals surface area (Å²) in [4.78, 5) is 0. The third-order valence-electron chi connectivity index (χ3n) is 1.48. The predicted octanol–water partition coefficient (Wildman–Crippen LogP) is 0.876. The zero-order valence-corrected chi connectivity index (χ0v) is 13.1. The van der Waals surface area contributed by atoms with Crippen molar-refractivity contribution in [1.82, 2.24) is 0 Å². The summed E-state index contributed by atoms with van der Waals surface area (Å²) in [5.74, 6) is 0.154. The molecule has 0 spiro atoms. The topological polar surface area (TPSA) is 85.2 Å². The van der Waals surface area contributed by atoms with Crippen molar-refractivity contribution in [3.63, 3.8) is 0 Å². The summed E-state index contributed by atoms with van der Waals surface area (Å²) in [6, 6.07) is 4.83. The third-order valence-corrected chi connectivity index (χ3v) is 3.15. The van der Waals surface area contributed by atoms with Gasteiger partial charge in [-0.3, -0.25) is 0 Å². The van der Waals surface area contributed by atoms with E-state index in [0.717, 1.165) is 30.7 Å². The minimum absolute atomic E-state index is 0.0452. The normalized spacial score (nSPS) is 11.8. The molecule has 0 amide bonds. The molecule has 0 saturated heterocycles. The van der Waals surface area contributed by atoms with Crippen molar-refractivity contribution in [2.75, 3.05) is 0 Å². The molecule has 1 unspecified atom stereocenters. The van der Waals surface area contributed by atoms with Gasteiger partial charge >= 0.3 is 115 Å². The molecule has 0 aliphatic heterocycles. The van der Waals surface area contributed by atoms with E-state index in [1.165, 1.54) is 6.07 Å². The maximum atomic E-state index is 10.6. The van der Waals surface area contributed by atoms with Gasteiger partial charge in [0.15, 0.2) is 0 Å². The monoisotopic (exact) mass is 289 g/mol. The zero-order chi connectivity index (χ0) is 12.2. The summed E-state index contributed by atoms with van der Waals surface area (Å²) in [6.07, 6.45) is 0. The molecule has 0 aliphatic rings. The first-order chi connectivity index (χ1) is 7.42. The second-order valence-electron chi connectivity index (χ2n) is 2.75. The molecular formula is C6H6NNaO5P2S. The molecule has 10 heteroatoms. The molecule has 82 valence electrons. The van der Waals surface area contributed by atoms with E-state index in [0.29, 0.717) is 0 Å². The van der Waals surface area contributed by atoms with Crippen LogP contribution < -0.4 is 11.5 Å². The molecule has 1 rings (SSSR count). The van der Waals surface area contributed by atoms with Crippen LogP contribution in [0.3, 0.4) is 0 Å². The van der Waals surface area contributed by atoms with Gasteiger partial charge in [-0.05, 0) is 0 Å². The van der Waals surface area contributed by atoms with Crippen molar-refractivity contribution in [2.24, 2.45) is 4.52 Å². The van der Waals surface area contributed by atoms with E-state index in [1.807, 2.05) is 0 Å². The molecule has 0 heterocycles. The van der Waals surface area contributed by atoms with Crippen LogP contribution >= 0.6 is 18.0 Å². The number of benzene rings is 1. The van der Waals surface area contributed by atoms with E-state index in [1.54, 1.807) is 12.1 Å². The Kier molecular flexibility index (Phi) is 5.61. The SMILES string of the molecule is O=S(=O)(O)Oc1c[c]([Na])ccc1OP=NP. The quantitative estimate of drug-likeness (QED) is 0.505. The van der Waals surface area contributed by atoms with Crippen LogP contribution in [0.15, 0.2) is 22.7 Å². The first-order valence-corrected chi connectivity index (χ1v) is 7.62. The van der Waals surface area contributed by atoms with Gasteiger partial charge in [0.05, 0.1) is 0 Å². The molecule has 16 heavy (non-hydrogen) atoms. The molecule has 0 aliphatic carbocycles. The first kappa shape index (κ1) is 14.3. The Hall–Kier alpha value is 0.260. The molecule has 1 N–H and O–H groups in total. The number of rotatable bonds is 4. The van der Waals surface area contributed by atoms with Crippen LogP contribution in [0.4, 0.5) is 0 Å². The van der Waals surface area contributed by atoms with Gasteiger partial charge < -0.3 is 0 Å². The summed E-state index contributed by atoms with van der Waals surface area (Å²) < 4.78 is 43.8. The molecule has 0 radical (unpaired) electrons. The van der Waals surface area contributed by atoms with Crippen LogP contribution in [-0.2, 0) is 10.4 Å². The second-order valence-corrected chi connectivity index (χ2v) is 6.20. The van der Waals surface area contributed by atoms with Gasteiger partial charge in [-0.25, -0.2) is 0 Å². The van der Waals surface area contributed by atoms with E-state index >= 15 is 0 Å². The van der Waals surface area contributed by atoms with E-state index in [4.69, 9.17) is 9.08 Å². The number of nitrogens with zero attached hydrogens (tertiary/aromatic N) is 1. The van der Waals surface area contributed by atoms with Crippen molar-refractivity contribution < 1.29 is 21.7 Å². The third kappa shape index (κ3) is 5.06. The average molecular weight is 289 g/mol. The summed E-state index contributed by atoms with van der Waals surface area (Å²) in [6.45, 7) is 0. The second kappa shape index (κ2) is 6.26. The minimum atomic E-state index is -4.54. The van der Waals surface area contributed by atoms with E-state index in [2.05, 4.69) is 18.1 Å². The van der Waals surface area contributed by atoms with E-state index in [9.17, 15) is 8.42 Å². The zero-order valence-electron chi connectivity index (χ0n) is 8.19. The van der Waals surface area contributed by atoms with Crippen LogP contribution in [0, 0.1) is 0 Å². The summed E-state index contributed by atoms with van der Waals surface area (Å²) >= 11 is 0.725.